The zero-order valence-corrected chi connectivity index (χ0v) is 18.1. The molecule has 4 bridgehead atoms. The fourth-order valence-electron chi connectivity index (χ4n) is 6.11. The average molecular weight is 464 g/mol. The Bertz CT molecular complexity index is 824. The van der Waals surface area contributed by atoms with Crippen LogP contribution in [0.5, 0.6) is 0 Å². The molecule has 1 aromatic rings. The first kappa shape index (κ1) is 20.4. The molecule has 4 aliphatic rings. The Morgan fingerprint density at radius 2 is 1.83 bits per heavy atom. The summed E-state index contributed by atoms with van der Waals surface area (Å²) in [6.45, 7) is -0.364. The number of halogens is 1. The van der Waals surface area contributed by atoms with E-state index in [-0.39, 0.29) is 27.9 Å². The number of ether oxygens (including phenoxy) is 2. The van der Waals surface area contributed by atoms with Crippen molar-refractivity contribution in [3.05, 3.63) is 29.8 Å². The van der Waals surface area contributed by atoms with E-state index in [9.17, 15) is 14.4 Å². The number of esters is 2. The number of alkyl halides is 1. The minimum Gasteiger partial charge on any atom is -0.465 e. The molecule has 4 aliphatic carbocycles. The van der Waals surface area contributed by atoms with Crippen LogP contribution in [-0.4, -0.2) is 35.9 Å². The summed E-state index contributed by atoms with van der Waals surface area (Å²) in [6, 6.07) is 6.56. The summed E-state index contributed by atoms with van der Waals surface area (Å²) in [7, 11) is 1.28. The molecule has 2 atom stereocenters. The third-order valence-electron chi connectivity index (χ3n) is 6.60. The SMILES string of the molecule is COC(=O)c1ccccc1NC(=O)COC(=O)CC12CC3CC(CC(Br)(C3)C1)C2. The van der Waals surface area contributed by atoms with Gasteiger partial charge in [-0.25, -0.2) is 4.79 Å². The monoisotopic (exact) mass is 463 g/mol. The van der Waals surface area contributed by atoms with Crippen molar-refractivity contribution in [2.45, 2.75) is 49.3 Å². The van der Waals surface area contributed by atoms with Gasteiger partial charge in [0.15, 0.2) is 6.61 Å². The summed E-state index contributed by atoms with van der Waals surface area (Å²) in [5, 5.41) is 2.62. The first-order chi connectivity index (χ1) is 13.8. The maximum atomic E-state index is 12.5. The van der Waals surface area contributed by atoms with Gasteiger partial charge in [0.25, 0.3) is 5.91 Å². The van der Waals surface area contributed by atoms with Crippen molar-refractivity contribution in [1.82, 2.24) is 0 Å². The van der Waals surface area contributed by atoms with Crippen LogP contribution < -0.4 is 5.32 Å². The minimum absolute atomic E-state index is 0.0125. The number of benzene rings is 1. The number of hydrogen-bond donors (Lipinski definition) is 1. The number of nitrogens with one attached hydrogen (secondary N) is 1. The molecule has 6 nitrogen and oxygen atoms in total. The van der Waals surface area contributed by atoms with Gasteiger partial charge in [-0.3, -0.25) is 9.59 Å². The van der Waals surface area contributed by atoms with Gasteiger partial charge in [0, 0.05) is 4.32 Å². The Labute approximate surface area is 178 Å². The van der Waals surface area contributed by atoms with Gasteiger partial charge in [0.05, 0.1) is 24.8 Å². The van der Waals surface area contributed by atoms with Gasteiger partial charge >= 0.3 is 11.9 Å². The largest absolute Gasteiger partial charge is 0.465 e. The topological polar surface area (TPSA) is 81.7 Å². The van der Waals surface area contributed by atoms with Gasteiger partial charge in [-0.15, -0.1) is 0 Å². The molecule has 2 unspecified atom stereocenters. The second-order valence-electron chi connectivity index (χ2n) is 9.03. The fourth-order valence-corrected chi connectivity index (χ4v) is 7.62. The molecule has 0 radical (unpaired) electrons. The quantitative estimate of drug-likeness (QED) is 0.507. The molecular formula is C22H26BrNO5. The van der Waals surface area contributed by atoms with E-state index < -0.39 is 11.9 Å². The van der Waals surface area contributed by atoms with E-state index in [2.05, 4.69) is 21.2 Å². The predicted octanol–water partition coefficient (Wildman–Crippen LogP) is 4.08. The van der Waals surface area contributed by atoms with E-state index in [1.165, 1.54) is 26.4 Å². The highest BCUT2D eigenvalue weighted by atomic mass is 79.9. The minimum atomic E-state index is -0.539. The first-order valence-electron chi connectivity index (χ1n) is 10.1. The Kier molecular flexibility index (Phi) is 5.44. The molecule has 0 aliphatic heterocycles. The predicted molar refractivity (Wildman–Crippen MR) is 111 cm³/mol. The molecule has 0 spiro atoms. The van der Waals surface area contributed by atoms with Gasteiger partial charge in [-0.05, 0) is 67.9 Å². The molecule has 29 heavy (non-hydrogen) atoms. The van der Waals surface area contributed by atoms with Crippen LogP contribution in [0.25, 0.3) is 0 Å². The van der Waals surface area contributed by atoms with Gasteiger partial charge in [-0.2, -0.15) is 0 Å². The lowest BCUT2D eigenvalue weighted by Crippen LogP contribution is -2.53. The molecule has 156 valence electrons. The van der Waals surface area contributed by atoms with Gasteiger partial charge < -0.3 is 14.8 Å². The molecule has 0 heterocycles. The van der Waals surface area contributed by atoms with Crippen LogP contribution in [0.15, 0.2) is 24.3 Å². The molecule has 1 N–H and O–H groups in total. The number of anilines is 1. The molecule has 0 saturated heterocycles. The smallest absolute Gasteiger partial charge is 0.339 e. The number of rotatable bonds is 6. The molecule has 4 fully saturated rings. The Morgan fingerprint density at radius 1 is 1.14 bits per heavy atom. The van der Waals surface area contributed by atoms with Crippen molar-refractivity contribution >= 4 is 39.5 Å². The van der Waals surface area contributed by atoms with Crippen molar-refractivity contribution in [3.63, 3.8) is 0 Å². The third-order valence-corrected chi connectivity index (χ3v) is 7.53. The Balaban J connectivity index is 1.32. The first-order valence-corrected chi connectivity index (χ1v) is 10.9. The second-order valence-corrected chi connectivity index (χ2v) is 10.7. The number of carbonyl (C=O) groups excluding carboxylic acids is 3. The van der Waals surface area contributed by atoms with Crippen molar-refractivity contribution in [3.8, 4) is 0 Å². The zero-order valence-electron chi connectivity index (χ0n) is 16.5. The maximum absolute atomic E-state index is 12.5. The number of para-hydroxylation sites is 1. The van der Waals surface area contributed by atoms with E-state index in [4.69, 9.17) is 9.47 Å². The van der Waals surface area contributed by atoms with Crippen LogP contribution in [0, 0.1) is 17.3 Å². The van der Waals surface area contributed by atoms with Crippen LogP contribution in [-0.2, 0) is 19.1 Å². The van der Waals surface area contributed by atoms with Crippen molar-refractivity contribution in [2.75, 3.05) is 19.0 Å². The fraction of sp³-hybridized carbons (Fsp3) is 0.591. The molecule has 0 aromatic heterocycles. The standard InChI is InChI=1S/C22H26BrNO5/c1-28-20(27)16-4-2-3-5-17(16)24-18(25)12-29-19(26)11-21-7-14-6-15(8-21)10-22(23,9-14)13-21/h2-5,14-15H,6-13H2,1H3,(H,24,25). The van der Waals surface area contributed by atoms with Crippen LogP contribution >= 0.6 is 15.9 Å². The Hall–Kier alpha value is -1.89. The molecule has 7 heteroatoms. The molecule has 4 saturated carbocycles. The normalized spacial score (nSPS) is 31.9. The average Bonchev–Trinajstić information content (AvgIpc) is 2.64. The summed E-state index contributed by atoms with van der Waals surface area (Å²) >= 11 is 3.95. The van der Waals surface area contributed by atoms with Crippen molar-refractivity contribution in [1.29, 1.82) is 0 Å². The molecule has 5 rings (SSSR count). The van der Waals surface area contributed by atoms with Gasteiger partial charge in [0.1, 0.15) is 0 Å². The molecular weight excluding hydrogens is 438 g/mol. The number of amides is 1. The summed E-state index contributed by atoms with van der Waals surface area (Å²) < 4.78 is 10.2. The molecule has 1 amide bonds. The highest BCUT2D eigenvalue weighted by molar-refractivity contribution is 9.10. The van der Waals surface area contributed by atoms with Crippen molar-refractivity contribution < 1.29 is 23.9 Å². The summed E-state index contributed by atoms with van der Waals surface area (Å²) in [6.07, 6.45) is 7.27. The second kappa shape index (κ2) is 7.74. The van der Waals surface area contributed by atoms with Gasteiger partial charge in [-0.1, -0.05) is 28.1 Å². The summed E-state index contributed by atoms with van der Waals surface area (Å²) in [4.78, 5) is 36.6. The summed E-state index contributed by atoms with van der Waals surface area (Å²) in [5.41, 5.74) is 0.604. The number of hydrogen-bond acceptors (Lipinski definition) is 5. The lowest BCUT2D eigenvalue weighted by Gasteiger charge is -2.60. The molecule has 1 aromatic carbocycles. The van der Waals surface area contributed by atoms with E-state index in [1.54, 1.807) is 24.3 Å². The summed E-state index contributed by atoms with van der Waals surface area (Å²) in [5.74, 6) is 0.0585. The van der Waals surface area contributed by atoms with Crippen LogP contribution in [0.1, 0.15) is 55.3 Å². The van der Waals surface area contributed by atoms with E-state index in [1.807, 2.05) is 0 Å². The third kappa shape index (κ3) is 4.34. The van der Waals surface area contributed by atoms with Crippen LogP contribution in [0.2, 0.25) is 0 Å². The van der Waals surface area contributed by atoms with Crippen LogP contribution in [0.3, 0.4) is 0 Å². The maximum Gasteiger partial charge on any atom is 0.339 e. The zero-order chi connectivity index (χ0) is 20.6. The van der Waals surface area contributed by atoms with Crippen molar-refractivity contribution in [2.24, 2.45) is 17.3 Å². The highest BCUT2D eigenvalue weighted by Gasteiger charge is 2.57. The Morgan fingerprint density at radius 3 is 2.48 bits per heavy atom. The lowest BCUT2D eigenvalue weighted by molar-refractivity contribution is -0.153. The van der Waals surface area contributed by atoms with Gasteiger partial charge in [0.2, 0.25) is 0 Å². The number of carbonyl (C=O) groups is 3. The highest BCUT2D eigenvalue weighted by Crippen LogP contribution is 2.65. The van der Waals surface area contributed by atoms with E-state index >= 15 is 0 Å². The van der Waals surface area contributed by atoms with Crippen LogP contribution in [0.4, 0.5) is 5.69 Å². The van der Waals surface area contributed by atoms with E-state index in [0.717, 1.165) is 19.3 Å². The lowest BCUT2D eigenvalue weighted by atomic mass is 9.49. The van der Waals surface area contributed by atoms with E-state index in [0.29, 0.717) is 23.9 Å². The number of methoxy groups -OCH3 is 1.